The summed E-state index contributed by atoms with van der Waals surface area (Å²) >= 11 is 8.98. The molecule has 2 nitrogen and oxygen atoms in total. The van der Waals surface area contributed by atoms with Gasteiger partial charge in [0.1, 0.15) is 5.78 Å². The van der Waals surface area contributed by atoms with E-state index >= 15 is 0 Å². The Morgan fingerprint density at radius 2 is 1.78 bits per heavy atom. The lowest BCUT2D eigenvalue weighted by atomic mass is 9.89. The molecule has 23 heavy (non-hydrogen) atoms. The van der Waals surface area contributed by atoms with Gasteiger partial charge in [-0.2, -0.15) is 11.8 Å². The lowest BCUT2D eigenvalue weighted by Gasteiger charge is -2.31. The van der Waals surface area contributed by atoms with Gasteiger partial charge in [0, 0.05) is 32.6 Å². The monoisotopic (exact) mass is 453 g/mol. The van der Waals surface area contributed by atoms with Gasteiger partial charge >= 0.3 is 0 Å². The molecule has 0 amide bonds. The quantitative estimate of drug-likeness (QED) is 0.643. The molecule has 1 fully saturated rings. The zero-order chi connectivity index (χ0) is 16.2. The molecule has 5 heteroatoms. The van der Waals surface area contributed by atoms with Crippen LogP contribution in [0.2, 0.25) is 0 Å². The normalized spacial score (nSPS) is 19.4. The maximum absolute atomic E-state index is 12.5. The van der Waals surface area contributed by atoms with Crippen LogP contribution in [0.5, 0.6) is 0 Å². The van der Waals surface area contributed by atoms with Crippen molar-refractivity contribution in [3.63, 3.8) is 0 Å². The SMILES string of the molecule is O=C1CCSC[C@@H]1[C@H](Nc1ccccc1)c1cc(Br)cc(Br)c1. The highest BCUT2D eigenvalue weighted by atomic mass is 79.9. The number of ketones is 1. The number of thioether (sulfide) groups is 1. The number of Topliss-reactive ketones (excluding diaryl/α,β-unsaturated/α-hetero) is 1. The molecular formula is C18H17Br2NOS. The number of rotatable bonds is 4. The number of carbonyl (C=O) groups is 1. The molecule has 1 saturated heterocycles. The maximum Gasteiger partial charge on any atom is 0.140 e. The Morgan fingerprint density at radius 3 is 2.43 bits per heavy atom. The van der Waals surface area contributed by atoms with E-state index in [0.29, 0.717) is 12.2 Å². The number of carbonyl (C=O) groups excluding carboxylic acids is 1. The smallest absolute Gasteiger partial charge is 0.140 e. The van der Waals surface area contributed by atoms with Crippen molar-refractivity contribution in [2.75, 3.05) is 16.8 Å². The van der Waals surface area contributed by atoms with E-state index < -0.39 is 0 Å². The Balaban J connectivity index is 1.96. The van der Waals surface area contributed by atoms with Crippen molar-refractivity contribution in [3.05, 3.63) is 63.0 Å². The fourth-order valence-corrected chi connectivity index (χ4v) is 5.30. The second kappa shape index (κ2) is 7.86. The Labute approximate surface area is 157 Å². The largest absolute Gasteiger partial charge is 0.377 e. The average Bonchev–Trinajstić information content (AvgIpc) is 2.53. The minimum absolute atomic E-state index is 0.00449. The number of halogens is 2. The Kier molecular flexibility index (Phi) is 5.83. The summed E-state index contributed by atoms with van der Waals surface area (Å²) in [6.07, 6.45) is 0.664. The standard InChI is InChI=1S/C18H17Br2NOS/c19-13-8-12(9-14(20)10-13)18(16-11-23-7-6-17(16)22)21-15-4-2-1-3-5-15/h1-5,8-10,16,18,21H,6-7,11H2/t16-,18+/m0/s1. The van der Waals surface area contributed by atoms with Crippen LogP contribution < -0.4 is 5.32 Å². The van der Waals surface area contributed by atoms with E-state index in [1.165, 1.54) is 0 Å². The first-order valence-electron chi connectivity index (χ1n) is 7.51. The molecule has 0 radical (unpaired) electrons. The van der Waals surface area contributed by atoms with E-state index in [0.717, 1.165) is 31.7 Å². The van der Waals surface area contributed by atoms with Crippen molar-refractivity contribution < 1.29 is 4.79 Å². The predicted octanol–water partition coefficient (Wildman–Crippen LogP) is 5.69. The molecule has 0 aromatic heterocycles. The minimum atomic E-state index is -0.0218. The van der Waals surface area contributed by atoms with Crippen molar-refractivity contribution in [3.8, 4) is 0 Å². The number of anilines is 1. The Bertz CT molecular complexity index is 672. The Hall–Kier alpha value is -0.780. The number of benzene rings is 2. The van der Waals surface area contributed by atoms with Gasteiger partial charge in [-0.05, 0) is 35.9 Å². The number of nitrogens with one attached hydrogen (secondary N) is 1. The summed E-state index contributed by atoms with van der Waals surface area (Å²) in [4.78, 5) is 12.5. The van der Waals surface area contributed by atoms with Gasteiger partial charge in [0.15, 0.2) is 0 Å². The fraction of sp³-hybridized carbons (Fsp3) is 0.278. The molecule has 0 unspecified atom stereocenters. The minimum Gasteiger partial charge on any atom is -0.377 e. The molecule has 0 spiro atoms. The number of hydrogen-bond acceptors (Lipinski definition) is 3. The number of hydrogen-bond donors (Lipinski definition) is 1. The zero-order valence-corrected chi connectivity index (χ0v) is 16.5. The van der Waals surface area contributed by atoms with Crippen LogP contribution in [0, 0.1) is 5.92 Å². The maximum atomic E-state index is 12.5. The van der Waals surface area contributed by atoms with E-state index in [1.54, 1.807) is 0 Å². The molecule has 0 aliphatic carbocycles. The lowest BCUT2D eigenvalue weighted by Crippen LogP contribution is -2.32. The lowest BCUT2D eigenvalue weighted by molar-refractivity contribution is -0.122. The molecule has 1 aliphatic rings. The second-order valence-electron chi connectivity index (χ2n) is 5.59. The van der Waals surface area contributed by atoms with Gasteiger partial charge in [0.25, 0.3) is 0 Å². The van der Waals surface area contributed by atoms with Gasteiger partial charge in [0.2, 0.25) is 0 Å². The van der Waals surface area contributed by atoms with Crippen molar-refractivity contribution in [1.82, 2.24) is 0 Å². The van der Waals surface area contributed by atoms with Gasteiger partial charge in [-0.3, -0.25) is 4.79 Å². The molecule has 2 aromatic rings. The molecule has 2 atom stereocenters. The van der Waals surface area contributed by atoms with Crippen LogP contribution in [-0.2, 0) is 4.79 Å². The summed E-state index contributed by atoms with van der Waals surface area (Å²) in [7, 11) is 0. The molecular weight excluding hydrogens is 438 g/mol. The summed E-state index contributed by atoms with van der Waals surface area (Å²) in [6.45, 7) is 0. The van der Waals surface area contributed by atoms with Crippen LogP contribution in [0.1, 0.15) is 18.0 Å². The second-order valence-corrected chi connectivity index (χ2v) is 8.57. The van der Waals surface area contributed by atoms with E-state index in [1.807, 2.05) is 48.2 Å². The molecule has 0 saturated carbocycles. The highest BCUT2D eigenvalue weighted by molar-refractivity contribution is 9.11. The Morgan fingerprint density at radius 1 is 1.09 bits per heavy atom. The summed E-state index contributed by atoms with van der Waals surface area (Å²) in [5, 5.41) is 3.57. The highest BCUT2D eigenvalue weighted by Gasteiger charge is 2.32. The van der Waals surface area contributed by atoms with Crippen molar-refractivity contribution in [2.24, 2.45) is 5.92 Å². The van der Waals surface area contributed by atoms with Crippen molar-refractivity contribution in [2.45, 2.75) is 12.5 Å². The van der Waals surface area contributed by atoms with Gasteiger partial charge in [-0.25, -0.2) is 0 Å². The summed E-state index contributed by atoms with van der Waals surface area (Å²) in [5.74, 6) is 2.16. The van der Waals surface area contributed by atoms with Crippen LogP contribution in [0.25, 0.3) is 0 Å². The molecule has 1 aliphatic heterocycles. The van der Waals surface area contributed by atoms with Crippen molar-refractivity contribution in [1.29, 1.82) is 0 Å². The van der Waals surface area contributed by atoms with E-state index in [2.05, 4.69) is 49.3 Å². The van der Waals surface area contributed by atoms with Gasteiger partial charge in [-0.1, -0.05) is 50.1 Å². The highest BCUT2D eigenvalue weighted by Crippen LogP contribution is 2.36. The summed E-state index contributed by atoms with van der Waals surface area (Å²) in [6, 6.07) is 16.3. The van der Waals surface area contributed by atoms with E-state index in [9.17, 15) is 4.79 Å². The van der Waals surface area contributed by atoms with Crippen LogP contribution >= 0.6 is 43.6 Å². The van der Waals surface area contributed by atoms with E-state index in [4.69, 9.17) is 0 Å². The molecule has 3 rings (SSSR count). The third-order valence-electron chi connectivity index (χ3n) is 3.95. The topological polar surface area (TPSA) is 29.1 Å². The third-order valence-corrected chi connectivity index (χ3v) is 5.95. The van der Waals surface area contributed by atoms with Gasteiger partial charge in [0.05, 0.1) is 12.0 Å². The number of para-hydroxylation sites is 1. The van der Waals surface area contributed by atoms with Crippen LogP contribution in [0.3, 0.4) is 0 Å². The molecule has 1 N–H and O–H groups in total. The van der Waals surface area contributed by atoms with Gasteiger partial charge in [-0.15, -0.1) is 0 Å². The van der Waals surface area contributed by atoms with Crippen LogP contribution in [-0.4, -0.2) is 17.3 Å². The van der Waals surface area contributed by atoms with Crippen LogP contribution in [0.15, 0.2) is 57.5 Å². The summed E-state index contributed by atoms with van der Waals surface area (Å²) < 4.78 is 2.02. The van der Waals surface area contributed by atoms with E-state index in [-0.39, 0.29) is 12.0 Å². The third kappa shape index (κ3) is 4.40. The fourth-order valence-electron chi connectivity index (χ4n) is 2.83. The zero-order valence-electron chi connectivity index (χ0n) is 12.5. The first-order chi connectivity index (χ1) is 11.1. The predicted molar refractivity (Wildman–Crippen MR) is 105 cm³/mol. The molecule has 2 aromatic carbocycles. The molecule has 0 bridgehead atoms. The van der Waals surface area contributed by atoms with Crippen molar-refractivity contribution >= 4 is 55.1 Å². The molecule has 120 valence electrons. The van der Waals surface area contributed by atoms with Crippen LogP contribution in [0.4, 0.5) is 5.69 Å². The van der Waals surface area contributed by atoms with Gasteiger partial charge < -0.3 is 5.32 Å². The first kappa shape index (κ1) is 17.1. The molecule has 1 heterocycles. The average molecular weight is 455 g/mol. The first-order valence-corrected chi connectivity index (χ1v) is 10.3. The summed E-state index contributed by atoms with van der Waals surface area (Å²) in [5.41, 5.74) is 2.16.